The summed E-state index contributed by atoms with van der Waals surface area (Å²) >= 11 is 0. The molecule has 1 nitrogen and oxygen atoms in total. The summed E-state index contributed by atoms with van der Waals surface area (Å²) in [4.78, 5) is 4.51. The molecule has 0 aliphatic rings. The first-order valence-electron chi connectivity index (χ1n) is 15.5. The van der Waals surface area contributed by atoms with Crippen molar-refractivity contribution in [3.05, 3.63) is 187 Å². The van der Waals surface area contributed by atoms with E-state index >= 15 is 0 Å². The van der Waals surface area contributed by atoms with E-state index in [9.17, 15) is 0 Å². The fourth-order valence-corrected chi connectivity index (χ4v) is 6.05. The number of aromatic nitrogens is 1. The van der Waals surface area contributed by atoms with Gasteiger partial charge in [-0.3, -0.25) is 0 Å². The van der Waals surface area contributed by atoms with Crippen LogP contribution >= 0.6 is 0 Å². The second-order valence-electron chi connectivity index (χ2n) is 12.0. The zero-order valence-electron chi connectivity index (χ0n) is 25.9. The molecule has 0 spiro atoms. The van der Waals surface area contributed by atoms with Crippen molar-refractivity contribution < 1.29 is 20.1 Å². The third-order valence-corrected chi connectivity index (χ3v) is 8.77. The van der Waals surface area contributed by atoms with Gasteiger partial charge in [-0.15, -0.1) is 35.4 Å². The maximum atomic E-state index is 4.51. The second-order valence-corrected chi connectivity index (χ2v) is 12.0. The van der Waals surface area contributed by atoms with Crippen molar-refractivity contribution in [3.63, 3.8) is 0 Å². The third kappa shape index (κ3) is 6.56. The van der Waals surface area contributed by atoms with Crippen molar-refractivity contribution in [3.8, 4) is 55.8 Å². The fraction of sp³-hybridized carbons (Fsp3) is 0.0682. The van der Waals surface area contributed by atoms with Gasteiger partial charge in [-0.05, 0) is 80.0 Å². The SMILES string of the molecule is CC(C)(c1ccccc1)c1ccc(-c2cccc(-c3cccc(-c4cccc(-c5cc[c-]c(-c6ccccn6)c5)c4)c3)c2)cc1.[Ir]. The van der Waals surface area contributed by atoms with Gasteiger partial charge in [0.15, 0.2) is 0 Å². The van der Waals surface area contributed by atoms with Gasteiger partial charge in [0, 0.05) is 31.7 Å². The number of hydrogen-bond donors (Lipinski definition) is 0. The topological polar surface area (TPSA) is 12.9 Å². The molecular weight excluding hydrogens is 735 g/mol. The quantitative estimate of drug-likeness (QED) is 0.147. The Morgan fingerprint density at radius 3 is 1.43 bits per heavy atom. The van der Waals surface area contributed by atoms with E-state index in [1.54, 1.807) is 0 Å². The number of benzene rings is 6. The van der Waals surface area contributed by atoms with E-state index in [2.05, 4.69) is 164 Å². The molecule has 46 heavy (non-hydrogen) atoms. The molecule has 0 saturated heterocycles. The van der Waals surface area contributed by atoms with Gasteiger partial charge in [-0.2, -0.15) is 0 Å². The molecule has 6 aromatic carbocycles. The standard InChI is InChI=1S/C44H34N.Ir/c1-44(2,41-20-4-3-5-21-41)42-25-23-32(24-26-42)33-12-8-13-34(28-33)35-14-9-15-36(29-35)37-16-10-17-38(30-37)39-18-11-19-40(31-39)43-22-6-7-27-45-43;/h3-18,20-31H,1-2H3;/q-1;. The van der Waals surface area contributed by atoms with Gasteiger partial charge in [0.25, 0.3) is 0 Å². The Bertz CT molecular complexity index is 2060. The van der Waals surface area contributed by atoms with Crippen LogP contribution in [-0.2, 0) is 25.5 Å². The first-order valence-corrected chi connectivity index (χ1v) is 15.5. The van der Waals surface area contributed by atoms with Gasteiger partial charge in [-0.1, -0.05) is 135 Å². The normalized spacial score (nSPS) is 11.1. The van der Waals surface area contributed by atoms with Crippen LogP contribution in [0.4, 0.5) is 0 Å². The number of nitrogens with zero attached hydrogens (tertiary/aromatic N) is 1. The van der Waals surface area contributed by atoms with E-state index in [0.29, 0.717) is 0 Å². The smallest absolute Gasteiger partial charge is 0.0160 e. The molecule has 1 aromatic heterocycles. The molecule has 7 aromatic rings. The summed E-state index contributed by atoms with van der Waals surface area (Å²) < 4.78 is 0. The Kier molecular flexibility index (Phi) is 9.22. The van der Waals surface area contributed by atoms with Crippen molar-refractivity contribution in [2.24, 2.45) is 0 Å². The van der Waals surface area contributed by atoms with Crippen LogP contribution in [0.5, 0.6) is 0 Å². The van der Waals surface area contributed by atoms with Crippen LogP contribution in [0.2, 0.25) is 0 Å². The monoisotopic (exact) mass is 769 g/mol. The van der Waals surface area contributed by atoms with Crippen LogP contribution in [-0.4, -0.2) is 4.98 Å². The van der Waals surface area contributed by atoms with Crippen LogP contribution in [0, 0.1) is 6.07 Å². The Balaban J connectivity index is 0.00000372. The van der Waals surface area contributed by atoms with Crippen molar-refractivity contribution >= 4 is 0 Å². The molecule has 0 amide bonds. The molecular formula is C44H34IrN-. The van der Waals surface area contributed by atoms with E-state index in [1.807, 2.05) is 30.5 Å². The van der Waals surface area contributed by atoms with Crippen molar-refractivity contribution in [2.45, 2.75) is 19.3 Å². The van der Waals surface area contributed by atoms with Crippen LogP contribution in [0.25, 0.3) is 55.8 Å². The first-order chi connectivity index (χ1) is 22.0. The summed E-state index contributed by atoms with van der Waals surface area (Å²) in [7, 11) is 0. The Morgan fingerprint density at radius 1 is 0.435 bits per heavy atom. The number of rotatable bonds is 7. The summed E-state index contributed by atoms with van der Waals surface area (Å²) in [5.41, 5.74) is 14.1. The van der Waals surface area contributed by atoms with Crippen LogP contribution in [0.15, 0.2) is 170 Å². The van der Waals surface area contributed by atoms with E-state index < -0.39 is 0 Å². The van der Waals surface area contributed by atoms with E-state index in [-0.39, 0.29) is 25.5 Å². The fourth-order valence-electron chi connectivity index (χ4n) is 6.05. The third-order valence-electron chi connectivity index (χ3n) is 8.77. The minimum Gasteiger partial charge on any atom is -0.305 e. The summed E-state index contributed by atoms with van der Waals surface area (Å²) in [6, 6.07) is 61.8. The predicted octanol–water partition coefficient (Wildman–Crippen LogP) is 11.5. The van der Waals surface area contributed by atoms with Gasteiger partial charge in [0.05, 0.1) is 0 Å². The molecule has 2 heteroatoms. The average molecular weight is 769 g/mol. The van der Waals surface area contributed by atoms with Crippen LogP contribution in [0.3, 0.4) is 0 Å². The zero-order valence-corrected chi connectivity index (χ0v) is 28.3. The molecule has 0 bridgehead atoms. The predicted molar refractivity (Wildman–Crippen MR) is 189 cm³/mol. The molecule has 0 aliphatic carbocycles. The minimum atomic E-state index is -0.0558. The minimum absolute atomic E-state index is 0. The van der Waals surface area contributed by atoms with Gasteiger partial charge < -0.3 is 4.98 Å². The zero-order chi connectivity index (χ0) is 30.6. The van der Waals surface area contributed by atoms with Gasteiger partial charge in [-0.25, -0.2) is 0 Å². The summed E-state index contributed by atoms with van der Waals surface area (Å²) in [6.07, 6.45) is 1.82. The number of hydrogen-bond acceptors (Lipinski definition) is 1. The van der Waals surface area contributed by atoms with Crippen molar-refractivity contribution in [1.82, 2.24) is 4.98 Å². The van der Waals surface area contributed by atoms with Crippen LogP contribution in [0.1, 0.15) is 25.0 Å². The molecule has 0 atom stereocenters. The number of pyridine rings is 1. The van der Waals surface area contributed by atoms with E-state index in [1.165, 1.54) is 50.1 Å². The maximum Gasteiger partial charge on any atom is 0.0160 e. The Morgan fingerprint density at radius 2 is 0.913 bits per heavy atom. The molecule has 0 N–H and O–H groups in total. The second kappa shape index (κ2) is 13.6. The molecule has 0 fully saturated rings. The summed E-state index contributed by atoms with van der Waals surface area (Å²) in [5.74, 6) is 0. The largest absolute Gasteiger partial charge is 0.305 e. The molecule has 1 radical (unpaired) electrons. The molecule has 7 rings (SSSR count). The first kappa shape index (κ1) is 31.1. The van der Waals surface area contributed by atoms with Crippen LogP contribution < -0.4 is 0 Å². The average Bonchev–Trinajstić information content (AvgIpc) is 3.13. The van der Waals surface area contributed by atoms with Crippen molar-refractivity contribution in [1.29, 1.82) is 0 Å². The van der Waals surface area contributed by atoms with Gasteiger partial charge >= 0.3 is 0 Å². The van der Waals surface area contributed by atoms with E-state index in [4.69, 9.17) is 0 Å². The molecule has 0 saturated carbocycles. The molecule has 0 aliphatic heterocycles. The van der Waals surface area contributed by atoms with Gasteiger partial charge in [0.1, 0.15) is 0 Å². The summed E-state index contributed by atoms with van der Waals surface area (Å²) in [6.45, 7) is 4.58. The molecule has 225 valence electrons. The Labute approximate surface area is 286 Å². The molecule has 1 heterocycles. The van der Waals surface area contributed by atoms with E-state index in [0.717, 1.165) is 16.8 Å². The summed E-state index contributed by atoms with van der Waals surface area (Å²) in [5, 5.41) is 0. The van der Waals surface area contributed by atoms with Crippen molar-refractivity contribution in [2.75, 3.05) is 0 Å². The maximum absolute atomic E-state index is 4.51. The molecule has 0 unspecified atom stereocenters. The van der Waals surface area contributed by atoms with Gasteiger partial charge in [0.2, 0.25) is 0 Å². The Hall–Kier alpha value is -4.88.